The summed E-state index contributed by atoms with van der Waals surface area (Å²) in [5.41, 5.74) is -0.114. The van der Waals surface area contributed by atoms with Crippen molar-refractivity contribution >= 4 is 11.9 Å². The molecule has 0 saturated heterocycles. The van der Waals surface area contributed by atoms with E-state index in [9.17, 15) is 9.59 Å². The van der Waals surface area contributed by atoms with Gasteiger partial charge in [-0.25, -0.2) is 9.59 Å². The fraction of sp³-hybridized carbons (Fsp3) is 0.600. The van der Waals surface area contributed by atoms with E-state index >= 15 is 0 Å². The summed E-state index contributed by atoms with van der Waals surface area (Å²) >= 11 is 0. The van der Waals surface area contributed by atoms with Gasteiger partial charge < -0.3 is 10.2 Å². The number of aliphatic carboxylic acids is 2. The number of fused-ring (bicyclic) bond motifs is 2. The first-order chi connectivity index (χ1) is 6.46. The van der Waals surface area contributed by atoms with Crippen molar-refractivity contribution in [1.82, 2.24) is 0 Å². The lowest BCUT2D eigenvalue weighted by Gasteiger charge is -2.23. The summed E-state index contributed by atoms with van der Waals surface area (Å²) in [4.78, 5) is 21.9. The topological polar surface area (TPSA) is 74.6 Å². The molecule has 0 aromatic carbocycles. The normalized spacial score (nSPS) is 35.1. The molecule has 2 atom stereocenters. The van der Waals surface area contributed by atoms with Crippen molar-refractivity contribution in [2.75, 3.05) is 0 Å². The molecule has 2 aliphatic rings. The summed E-state index contributed by atoms with van der Waals surface area (Å²) in [5, 5.41) is 17.9. The van der Waals surface area contributed by atoms with Gasteiger partial charge in [-0.15, -0.1) is 0 Å². The van der Waals surface area contributed by atoms with Gasteiger partial charge in [0.05, 0.1) is 11.1 Å². The lowest BCUT2D eigenvalue weighted by Crippen LogP contribution is -2.23. The van der Waals surface area contributed by atoms with E-state index in [0.717, 1.165) is 12.8 Å². The van der Waals surface area contributed by atoms with Gasteiger partial charge in [0.1, 0.15) is 0 Å². The molecule has 2 aliphatic carbocycles. The van der Waals surface area contributed by atoms with E-state index in [0.29, 0.717) is 6.42 Å². The monoisotopic (exact) mass is 196 g/mol. The molecular weight excluding hydrogens is 184 g/mol. The van der Waals surface area contributed by atoms with Crippen LogP contribution in [0.25, 0.3) is 0 Å². The fourth-order valence-corrected chi connectivity index (χ4v) is 2.90. The summed E-state index contributed by atoms with van der Waals surface area (Å²) in [6.07, 6.45) is 2.31. The average molecular weight is 196 g/mol. The number of carboxylic acids is 2. The highest BCUT2D eigenvalue weighted by molar-refractivity contribution is 6.01. The fourth-order valence-electron chi connectivity index (χ4n) is 2.90. The molecule has 4 nitrogen and oxygen atoms in total. The van der Waals surface area contributed by atoms with Crippen LogP contribution in [-0.2, 0) is 9.59 Å². The molecular formula is C10H12O4. The molecule has 2 rings (SSSR count). The van der Waals surface area contributed by atoms with Crippen LogP contribution in [0.3, 0.4) is 0 Å². The van der Waals surface area contributed by atoms with Crippen LogP contribution in [0, 0.1) is 11.3 Å². The highest BCUT2D eigenvalue weighted by Crippen LogP contribution is 2.57. The third-order valence-electron chi connectivity index (χ3n) is 3.47. The molecule has 0 radical (unpaired) electrons. The zero-order valence-electron chi connectivity index (χ0n) is 7.91. The Morgan fingerprint density at radius 3 is 2.43 bits per heavy atom. The minimum Gasteiger partial charge on any atom is -0.478 e. The van der Waals surface area contributed by atoms with Crippen LogP contribution in [0.1, 0.15) is 26.2 Å². The van der Waals surface area contributed by atoms with Gasteiger partial charge in [0, 0.05) is 5.41 Å². The largest absolute Gasteiger partial charge is 0.478 e. The van der Waals surface area contributed by atoms with Crippen molar-refractivity contribution in [2.24, 2.45) is 11.3 Å². The van der Waals surface area contributed by atoms with Gasteiger partial charge in [0.15, 0.2) is 0 Å². The van der Waals surface area contributed by atoms with Crippen molar-refractivity contribution < 1.29 is 19.8 Å². The van der Waals surface area contributed by atoms with E-state index in [1.165, 1.54) is 0 Å². The first-order valence-corrected chi connectivity index (χ1v) is 4.67. The smallest absolute Gasteiger partial charge is 0.332 e. The van der Waals surface area contributed by atoms with Crippen LogP contribution in [0.15, 0.2) is 11.1 Å². The average Bonchev–Trinajstić information content (AvgIpc) is 2.55. The predicted octanol–water partition coefficient (Wildman–Crippen LogP) is 1.27. The number of hydrogen-bond acceptors (Lipinski definition) is 2. The maximum Gasteiger partial charge on any atom is 0.332 e. The molecule has 0 aromatic rings. The predicted molar refractivity (Wildman–Crippen MR) is 47.7 cm³/mol. The second-order valence-corrected chi connectivity index (χ2v) is 4.40. The quantitative estimate of drug-likeness (QED) is 0.697. The minimum atomic E-state index is -1.06. The van der Waals surface area contributed by atoms with Gasteiger partial charge >= 0.3 is 11.9 Å². The number of hydrogen-bond donors (Lipinski definition) is 2. The summed E-state index contributed by atoms with van der Waals surface area (Å²) in [6, 6.07) is 0. The summed E-state index contributed by atoms with van der Waals surface area (Å²) < 4.78 is 0. The second-order valence-electron chi connectivity index (χ2n) is 4.40. The van der Waals surface area contributed by atoms with Gasteiger partial charge in [-0.3, -0.25) is 0 Å². The van der Waals surface area contributed by atoms with Crippen molar-refractivity contribution in [3.63, 3.8) is 0 Å². The molecule has 0 aliphatic heterocycles. The first-order valence-electron chi connectivity index (χ1n) is 4.67. The summed E-state index contributed by atoms with van der Waals surface area (Å²) in [5.74, 6) is -2.16. The third kappa shape index (κ3) is 0.997. The molecule has 14 heavy (non-hydrogen) atoms. The Kier molecular flexibility index (Phi) is 1.71. The molecule has 76 valence electrons. The SMILES string of the molecule is CC12CCC(C1)C(C(=O)O)=C2C(=O)O. The number of rotatable bonds is 2. The zero-order valence-corrected chi connectivity index (χ0v) is 7.91. The Balaban J connectivity index is 2.56. The Morgan fingerprint density at radius 2 is 2.00 bits per heavy atom. The Morgan fingerprint density at radius 1 is 1.36 bits per heavy atom. The van der Waals surface area contributed by atoms with E-state index in [4.69, 9.17) is 10.2 Å². The maximum absolute atomic E-state index is 11.0. The van der Waals surface area contributed by atoms with Gasteiger partial charge in [0.25, 0.3) is 0 Å². The van der Waals surface area contributed by atoms with Crippen LogP contribution in [0.4, 0.5) is 0 Å². The van der Waals surface area contributed by atoms with Gasteiger partial charge in [-0.05, 0) is 25.2 Å². The lowest BCUT2D eigenvalue weighted by atomic mass is 9.80. The molecule has 1 saturated carbocycles. The molecule has 4 heteroatoms. The van der Waals surface area contributed by atoms with Crippen LogP contribution >= 0.6 is 0 Å². The Bertz CT molecular complexity index is 355. The molecule has 2 bridgehead atoms. The van der Waals surface area contributed by atoms with Crippen molar-refractivity contribution in [3.05, 3.63) is 11.1 Å². The highest BCUT2D eigenvalue weighted by Gasteiger charge is 2.52. The standard InChI is InChI=1S/C10H12O4/c1-10-3-2-5(4-10)6(8(11)12)7(10)9(13)14/h5H,2-4H2,1H3,(H,11,12)(H,13,14). The van der Waals surface area contributed by atoms with E-state index < -0.39 is 17.4 Å². The van der Waals surface area contributed by atoms with E-state index in [1.807, 2.05) is 6.92 Å². The Labute approximate surface area is 81.2 Å². The second kappa shape index (κ2) is 2.59. The van der Waals surface area contributed by atoms with Crippen molar-refractivity contribution in [1.29, 1.82) is 0 Å². The van der Waals surface area contributed by atoms with Gasteiger partial charge in [0.2, 0.25) is 0 Å². The van der Waals surface area contributed by atoms with Crippen LogP contribution < -0.4 is 0 Å². The maximum atomic E-state index is 11.0. The summed E-state index contributed by atoms with van der Waals surface area (Å²) in [7, 11) is 0. The molecule has 0 heterocycles. The number of carbonyl (C=O) groups is 2. The molecule has 1 fully saturated rings. The first kappa shape index (κ1) is 9.24. The minimum absolute atomic E-state index is 0.0383. The van der Waals surface area contributed by atoms with Crippen LogP contribution in [0.2, 0.25) is 0 Å². The van der Waals surface area contributed by atoms with Crippen molar-refractivity contribution in [2.45, 2.75) is 26.2 Å². The van der Waals surface area contributed by atoms with Gasteiger partial charge in [-0.2, -0.15) is 0 Å². The molecule has 2 N–H and O–H groups in total. The Hall–Kier alpha value is -1.32. The number of carboxylic acid groups (broad SMARTS) is 2. The van der Waals surface area contributed by atoms with Gasteiger partial charge in [-0.1, -0.05) is 6.92 Å². The molecule has 0 aromatic heterocycles. The lowest BCUT2D eigenvalue weighted by molar-refractivity contribution is -0.136. The van der Waals surface area contributed by atoms with E-state index in [1.54, 1.807) is 0 Å². The van der Waals surface area contributed by atoms with Crippen molar-refractivity contribution in [3.8, 4) is 0 Å². The van der Waals surface area contributed by atoms with E-state index in [2.05, 4.69) is 0 Å². The van der Waals surface area contributed by atoms with Crippen LogP contribution in [-0.4, -0.2) is 22.2 Å². The summed E-state index contributed by atoms with van der Waals surface area (Å²) in [6.45, 7) is 1.85. The molecule has 2 unspecified atom stereocenters. The van der Waals surface area contributed by atoms with E-state index in [-0.39, 0.29) is 17.1 Å². The third-order valence-corrected chi connectivity index (χ3v) is 3.47. The van der Waals surface area contributed by atoms with Crippen LogP contribution in [0.5, 0.6) is 0 Å². The molecule has 0 amide bonds. The highest BCUT2D eigenvalue weighted by atomic mass is 16.4. The zero-order chi connectivity index (χ0) is 10.5. The molecule has 0 spiro atoms.